The lowest BCUT2D eigenvalue weighted by Gasteiger charge is -2.54. The number of likely N-dealkylation sites (tertiary alicyclic amines) is 2. The summed E-state index contributed by atoms with van der Waals surface area (Å²) in [6, 6.07) is 12.6. The van der Waals surface area contributed by atoms with E-state index < -0.39 is 47.9 Å². The third-order valence-corrected chi connectivity index (χ3v) is 14.4. The molecule has 6 aromatic rings. The van der Waals surface area contributed by atoms with E-state index in [1.807, 2.05) is 24.3 Å². The number of pyridine rings is 2. The van der Waals surface area contributed by atoms with Crippen molar-refractivity contribution >= 4 is 28.9 Å². The molecule has 0 bridgehead atoms. The molecular formula is C48H45FN8O10. The second kappa shape index (κ2) is 15.6. The Morgan fingerprint density at radius 1 is 1.00 bits per heavy atom. The summed E-state index contributed by atoms with van der Waals surface area (Å²) >= 11 is 0. The van der Waals surface area contributed by atoms with E-state index in [9.17, 15) is 39.3 Å². The molecule has 2 unspecified atom stereocenters. The fourth-order valence-electron chi connectivity index (χ4n) is 10.7. The summed E-state index contributed by atoms with van der Waals surface area (Å²) in [4.78, 5) is 74.3. The minimum absolute atomic E-state index is 0.0189. The standard InChI is InChI=1S/C48H45FN8O10/c1-23-13-29(37(59)16-36(23)58)43-52-53-46(64)57(43)26-5-3-25(4-6-26)17-54-11-9-48(10-12-54)21-55(22-48)38(60)20-67-47(65)51-33-8-7-27-24(2)32(49)15-34-39(27)40(33)30-18-56-35(41(30)50-34)14-28-31(44(56)62)19-66-45(63)42(28)61/h3-6,13-16,33,42,58-59,61H,7-12,17-22H2,1-2H3,(H,51,65)(H,53,64). The predicted molar refractivity (Wildman–Crippen MR) is 237 cm³/mol. The average molecular weight is 913 g/mol. The van der Waals surface area contributed by atoms with Crippen LogP contribution in [0.5, 0.6) is 11.5 Å². The number of esters is 1. The molecule has 0 saturated carbocycles. The lowest BCUT2D eigenvalue weighted by Crippen LogP contribution is -2.62. The monoisotopic (exact) mass is 912 g/mol. The van der Waals surface area contributed by atoms with E-state index in [0.29, 0.717) is 88.3 Å². The van der Waals surface area contributed by atoms with Crippen LogP contribution in [0.3, 0.4) is 0 Å². The number of fused-ring (bicyclic) bond motifs is 5. The zero-order valence-electron chi connectivity index (χ0n) is 36.5. The van der Waals surface area contributed by atoms with Gasteiger partial charge < -0.3 is 39.6 Å². The zero-order chi connectivity index (χ0) is 46.6. The third-order valence-electron chi connectivity index (χ3n) is 14.4. The van der Waals surface area contributed by atoms with E-state index in [1.54, 1.807) is 30.9 Å². The van der Waals surface area contributed by atoms with Crippen molar-refractivity contribution in [2.45, 2.75) is 71.4 Å². The van der Waals surface area contributed by atoms with Crippen molar-refractivity contribution in [3.63, 3.8) is 0 Å². The Labute approximate surface area is 380 Å². The van der Waals surface area contributed by atoms with Crippen molar-refractivity contribution in [3.05, 3.63) is 120 Å². The van der Waals surface area contributed by atoms with Crippen molar-refractivity contribution in [2.75, 3.05) is 32.8 Å². The molecule has 2 fully saturated rings. The van der Waals surface area contributed by atoms with Crippen LogP contribution >= 0.6 is 0 Å². The first kappa shape index (κ1) is 42.3. The maximum Gasteiger partial charge on any atom is 0.408 e. The van der Waals surface area contributed by atoms with E-state index in [0.717, 1.165) is 37.1 Å². The number of hydrogen-bond acceptors (Lipinski definition) is 13. The number of piperidine rings is 1. The van der Waals surface area contributed by atoms with Gasteiger partial charge in [-0.3, -0.25) is 14.5 Å². The SMILES string of the molecule is Cc1cc(-c2n[nH]c(=O)n2-c2ccc(CN3CCC4(CC3)CN(C(=O)COC(=O)NC3CCc5c(C)c(F)cc6nc7c(c3c56)Cn3c-7cc5c(c3=O)COC(=O)C5O)C4)cc2)c(O)cc1O. The van der Waals surface area contributed by atoms with E-state index >= 15 is 4.39 Å². The topological polar surface area (TPSA) is 234 Å². The average Bonchev–Trinajstić information content (AvgIpc) is 3.87. The van der Waals surface area contributed by atoms with Gasteiger partial charge in [0, 0.05) is 53.7 Å². The molecule has 3 aromatic carbocycles. The Morgan fingerprint density at radius 3 is 2.52 bits per heavy atom. The number of aliphatic hydroxyl groups excluding tert-OH is 1. The molecule has 18 nitrogen and oxygen atoms in total. The molecule has 1 spiro atoms. The van der Waals surface area contributed by atoms with Crippen molar-refractivity contribution in [2.24, 2.45) is 5.41 Å². The Morgan fingerprint density at radius 2 is 1.76 bits per heavy atom. The highest BCUT2D eigenvalue weighted by Gasteiger charge is 2.47. The van der Waals surface area contributed by atoms with E-state index in [4.69, 9.17) is 14.5 Å². The number of aryl methyl sites for hydroxylation is 2. The van der Waals surface area contributed by atoms with Gasteiger partial charge in [0.15, 0.2) is 18.5 Å². The number of nitrogens with one attached hydrogen (secondary N) is 2. The summed E-state index contributed by atoms with van der Waals surface area (Å²) in [6.45, 7) is 6.24. The maximum atomic E-state index is 15.3. The number of benzene rings is 3. The number of aliphatic hydroxyl groups is 1. The number of phenols is 2. The molecule has 3 aromatic heterocycles. The summed E-state index contributed by atoms with van der Waals surface area (Å²) in [5, 5.41) is 41.3. The molecule has 11 rings (SSSR count). The number of halogens is 1. The molecule has 19 heteroatoms. The number of ether oxygens (including phenoxy) is 2. The van der Waals surface area contributed by atoms with Crippen LogP contribution in [0, 0.1) is 25.1 Å². The Balaban J connectivity index is 0.712. The van der Waals surface area contributed by atoms with Crippen LogP contribution in [0.15, 0.2) is 58.1 Å². The van der Waals surface area contributed by atoms with Gasteiger partial charge in [-0.05, 0) is 105 Å². The van der Waals surface area contributed by atoms with Crippen LogP contribution in [-0.2, 0) is 45.2 Å². The summed E-state index contributed by atoms with van der Waals surface area (Å²) < 4.78 is 28.7. The predicted octanol–water partition coefficient (Wildman–Crippen LogP) is 4.06. The fourth-order valence-corrected chi connectivity index (χ4v) is 10.7. The normalized spacial score (nSPS) is 19.1. The Bertz CT molecular complexity index is 3240. The van der Waals surface area contributed by atoms with Crippen LogP contribution in [0.25, 0.3) is 39.4 Å². The quantitative estimate of drug-likeness (QED) is 0.142. The van der Waals surface area contributed by atoms with Crippen molar-refractivity contribution in [3.8, 4) is 40.0 Å². The number of aromatic hydroxyl groups is 2. The molecule has 67 heavy (non-hydrogen) atoms. The van der Waals surface area contributed by atoms with Gasteiger partial charge in [0.05, 0.1) is 46.3 Å². The fraction of sp³-hybridized carbons (Fsp3) is 0.354. The number of aromatic amines is 1. The molecule has 5 aliphatic rings. The van der Waals surface area contributed by atoms with Crippen molar-refractivity contribution in [1.82, 2.24) is 39.4 Å². The highest BCUT2D eigenvalue weighted by atomic mass is 19.1. The number of hydrogen-bond donors (Lipinski definition) is 5. The van der Waals surface area contributed by atoms with E-state index in [1.165, 1.54) is 21.3 Å². The van der Waals surface area contributed by atoms with Gasteiger partial charge in [-0.1, -0.05) is 12.1 Å². The first-order valence-electron chi connectivity index (χ1n) is 22.2. The van der Waals surface area contributed by atoms with Crippen molar-refractivity contribution in [1.29, 1.82) is 0 Å². The lowest BCUT2D eigenvalue weighted by atomic mass is 9.72. The van der Waals surface area contributed by atoms with Gasteiger partial charge in [-0.25, -0.2) is 33.4 Å². The molecule has 0 radical (unpaired) electrons. The zero-order valence-corrected chi connectivity index (χ0v) is 36.5. The number of nitrogens with zero attached hydrogens (tertiary/aromatic N) is 6. The van der Waals surface area contributed by atoms with Gasteiger partial charge in [-0.15, -0.1) is 0 Å². The summed E-state index contributed by atoms with van der Waals surface area (Å²) in [5.74, 6) is -1.64. The molecule has 1 aliphatic carbocycles. The van der Waals surface area contributed by atoms with Crippen LogP contribution in [0.4, 0.5) is 9.18 Å². The number of H-pyrrole nitrogens is 1. The van der Waals surface area contributed by atoms with Crippen LogP contribution in [-0.4, -0.2) is 100 Å². The van der Waals surface area contributed by atoms with Crippen LogP contribution < -0.4 is 16.6 Å². The van der Waals surface area contributed by atoms with Gasteiger partial charge in [0.2, 0.25) is 0 Å². The van der Waals surface area contributed by atoms with Crippen LogP contribution in [0.1, 0.15) is 75.9 Å². The second-order valence-electron chi connectivity index (χ2n) is 18.4. The molecule has 344 valence electrons. The summed E-state index contributed by atoms with van der Waals surface area (Å²) in [7, 11) is 0. The van der Waals surface area contributed by atoms with Gasteiger partial charge >= 0.3 is 17.8 Å². The third kappa shape index (κ3) is 6.93. The number of carbonyl (C=O) groups excluding carboxylic acids is 3. The Kier molecular flexibility index (Phi) is 9.85. The second-order valence-corrected chi connectivity index (χ2v) is 18.4. The van der Waals surface area contributed by atoms with E-state index in [2.05, 4.69) is 20.4 Å². The number of amides is 2. The first-order chi connectivity index (χ1) is 32.2. The highest BCUT2D eigenvalue weighted by Crippen LogP contribution is 2.46. The van der Waals surface area contributed by atoms with Gasteiger partial charge in [-0.2, -0.15) is 5.10 Å². The number of aromatic nitrogens is 5. The summed E-state index contributed by atoms with van der Waals surface area (Å²) in [6.07, 6.45) is 0.191. The highest BCUT2D eigenvalue weighted by molar-refractivity contribution is 5.93. The smallest absolute Gasteiger partial charge is 0.408 e. The minimum atomic E-state index is -1.64. The first-order valence-corrected chi connectivity index (χ1v) is 22.2. The molecule has 7 heterocycles. The molecule has 5 N–H and O–H groups in total. The molecule has 2 atom stereocenters. The maximum absolute atomic E-state index is 15.3. The summed E-state index contributed by atoms with van der Waals surface area (Å²) in [5.41, 5.74) is 5.48. The molecular weight excluding hydrogens is 868 g/mol. The number of alkyl carbamates (subject to hydrolysis) is 1. The number of rotatable bonds is 7. The largest absolute Gasteiger partial charge is 0.508 e. The molecule has 2 saturated heterocycles. The molecule has 4 aliphatic heterocycles. The molecule has 2 amide bonds. The van der Waals surface area contributed by atoms with E-state index in [-0.39, 0.29) is 52.9 Å². The van der Waals surface area contributed by atoms with Gasteiger partial charge in [0.1, 0.15) is 23.9 Å². The minimum Gasteiger partial charge on any atom is -0.508 e. The number of cyclic esters (lactones) is 1. The lowest BCUT2D eigenvalue weighted by molar-refractivity contribution is -0.157. The number of phenolic OH excluding ortho intramolecular Hbond substituents is 2. The Hall–Kier alpha value is -7.38. The van der Waals surface area contributed by atoms with Crippen LogP contribution in [0.2, 0.25) is 0 Å². The number of carbonyl (C=O) groups is 3. The van der Waals surface area contributed by atoms with Crippen molar-refractivity contribution < 1.29 is 43.6 Å². The van der Waals surface area contributed by atoms with Gasteiger partial charge in [0.25, 0.3) is 11.5 Å².